The second-order valence-corrected chi connectivity index (χ2v) is 5.98. The van der Waals surface area contributed by atoms with E-state index in [0.29, 0.717) is 43.4 Å². The van der Waals surface area contributed by atoms with E-state index in [9.17, 15) is 9.59 Å². The van der Waals surface area contributed by atoms with Gasteiger partial charge in [0.25, 0.3) is 11.5 Å². The molecule has 7 heteroatoms. The van der Waals surface area contributed by atoms with Gasteiger partial charge in [0, 0.05) is 25.3 Å². The van der Waals surface area contributed by atoms with Crippen molar-refractivity contribution in [1.82, 2.24) is 14.9 Å². The fraction of sp³-hybridized carbons (Fsp3) is 0.389. The molecule has 1 aromatic heterocycles. The maximum absolute atomic E-state index is 13.0. The molecule has 0 bridgehead atoms. The first-order valence-electron chi connectivity index (χ1n) is 8.13. The van der Waals surface area contributed by atoms with Crippen molar-refractivity contribution in [3.63, 3.8) is 0 Å². The highest BCUT2D eigenvalue weighted by atomic mass is 16.5. The molecule has 1 aliphatic heterocycles. The molecular formula is C18H21N3O4. The van der Waals surface area contributed by atoms with Gasteiger partial charge in [-0.05, 0) is 24.6 Å². The summed E-state index contributed by atoms with van der Waals surface area (Å²) in [4.78, 5) is 33.5. The first kappa shape index (κ1) is 17.3. The van der Waals surface area contributed by atoms with Crippen molar-refractivity contribution in [3.05, 3.63) is 63.3 Å². The topological polar surface area (TPSA) is 84.5 Å². The minimum atomic E-state index is -0.381. The summed E-state index contributed by atoms with van der Waals surface area (Å²) < 4.78 is 10.7. The third-order valence-electron chi connectivity index (χ3n) is 4.10. The van der Waals surface area contributed by atoms with Gasteiger partial charge in [-0.15, -0.1) is 0 Å². The van der Waals surface area contributed by atoms with Gasteiger partial charge in [0.1, 0.15) is 5.82 Å². The molecule has 0 aliphatic carbocycles. The summed E-state index contributed by atoms with van der Waals surface area (Å²) >= 11 is 0. The lowest BCUT2D eigenvalue weighted by Gasteiger charge is -2.35. The van der Waals surface area contributed by atoms with Gasteiger partial charge in [0.2, 0.25) is 0 Å². The van der Waals surface area contributed by atoms with Crippen LogP contribution in [0.25, 0.3) is 0 Å². The fourth-order valence-corrected chi connectivity index (χ4v) is 2.99. The number of aromatic nitrogens is 2. The van der Waals surface area contributed by atoms with Crippen molar-refractivity contribution in [2.45, 2.75) is 19.6 Å². The maximum Gasteiger partial charge on any atom is 0.254 e. The summed E-state index contributed by atoms with van der Waals surface area (Å²) in [6.45, 7) is 3.39. The number of aromatic amines is 1. The second kappa shape index (κ2) is 7.58. The van der Waals surface area contributed by atoms with Crippen LogP contribution in [0.5, 0.6) is 0 Å². The van der Waals surface area contributed by atoms with Crippen molar-refractivity contribution in [2.75, 3.05) is 26.9 Å². The Morgan fingerprint density at radius 2 is 2.28 bits per heavy atom. The van der Waals surface area contributed by atoms with E-state index < -0.39 is 0 Å². The lowest BCUT2D eigenvalue weighted by molar-refractivity contribution is -0.00402. The molecule has 1 N–H and O–H groups in total. The molecule has 1 aliphatic rings. The van der Waals surface area contributed by atoms with Gasteiger partial charge >= 0.3 is 0 Å². The van der Waals surface area contributed by atoms with Crippen LogP contribution < -0.4 is 5.56 Å². The van der Waals surface area contributed by atoms with Crippen LogP contribution in [0.2, 0.25) is 0 Å². The van der Waals surface area contributed by atoms with Crippen LogP contribution in [0.1, 0.15) is 33.5 Å². The summed E-state index contributed by atoms with van der Waals surface area (Å²) in [6, 6.07) is 8.41. The number of amides is 1. The Bertz CT molecular complexity index is 818. The smallest absolute Gasteiger partial charge is 0.254 e. The van der Waals surface area contributed by atoms with Gasteiger partial charge in [0.15, 0.2) is 0 Å². The molecule has 2 heterocycles. The third-order valence-corrected chi connectivity index (χ3v) is 4.10. The minimum Gasteiger partial charge on any atom is -0.380 e. The number of hydrogen-bond donors (Lipinski definition) is 1. The molecule has 1 saturated heterocycles. The Morgan fingerprint density at radius 1 is 1.44 bits per heavy atom. The monoisotopic (exact) mass is 343 g/mol. The molecule has 7 nitrogen and oxygen atoms in total. The number of H-pyrrole nitrogens is 1. The molecule has 1 aromatic carbocycles. The predicted octanol–water partition coefficient (Wildman–Crippen LogP) is 1.44. The Morgan fingerprint density at radius 3 is 3.04 bits per heavy atom. The fourth-order valence-electron chi connectivity index (χ4n) is 2.99. The Hall–Kier alpha value is -2.51. The quantitative estimate of drug-likeness (QED) is 0.908. The molecule has 3 rings (SSSR count). The molecule has 0 saturated carbocycles. The SMILES string of the molecule is COCc1cccc(C(=O)N2CCOC[C@@H]2c2cc(=O)[nH]c(C)n2)c1. The Balaban J connectivity index is 1.91. The van der Waals surface area contributed by atoms with Gasteiger partial charge < -0.3 is 19.4 Å². The number of hydrogen-bond acceptors (Lipinski definition) is 5. The molecule has 25 heavy (non-hydrogen) atoms. The second-order valence-electron chi connectivity index (χ2n) is 5.98. The van der Waals surface area contributed by atoms with Crippen LogP contribution in [0, 0.1) is 6.92 Å². The standard InChI is InChI=1S/C18H21N3O4/c1-12-19-15(9-17(22)20-12)16-11-25-7-6-21(16)18(23)14-5-3-4-13(8-14)10-24-2/h3-5,8-9,16H,6-7,10-11H2,1-2H3,(H,19,20,22)/t16-/m1/s1. The number of aryl methyl sites for hydroxylation is 1. The number of carbonyl (C=O) groups is 1. The average Bonchev–Trinajstić information content (AvgIpc) is 2.61. The van der Waals surface area contributed by atoms with Crippen molar-refractivity contribution in [3.8, 4) is 0 Å². The lowest BCUT2D eigenvalue weighted by Crippen LogP contribution is -2.44. The number of rotatable bonds is 4. The number of carbonyl (C=O) groups excluding carboxylic acids is 1. The molecule has 0 radical (unpaired) electrons. The van der Waals surface area contributed by atoms with Crippen LogP contribution in [-0.2, 0) is 16.1 Å². The number of morpholine rings is 1. The molecule has 1 atom stereocenters. The first-order valence-corrected chi connectivity index (χ1v) is 8.13. The number of methoxy groups -OCH3 is 1. The summed E-state index contributed by atoms with van der Waals surface area (Å²) in [5.41, 5.74) is 1.83. The van der Waals surface area contributed by atoms with E-state index in [1.807, 2.05) is 18.2 Å². The van der Waals surface area contributed by atoms with Crippen molar-refractivity contribution < 1.29 is 14.3 Å². The number of nitrogens with zero attached hydrogens (tertiary/aromatic N) is 2. The van der Waals surface area contributed by atoms with Crippen molar-refractivity contribution >= 4 is 5.91 Å². The molecule has 2 aromatic rings. The van der Waals surface area contributed by atoms with Gasteiger partial charge in [0.05, 0.1) is 31.6 Å². The molecule has 0 spiro atoms. The van der Waals surface area contributed by atoms with Crippen molar-refractivity contribution in [2.24, 2.45) is 0 Å². The molecule has 0 unspecified atom stereocenters. The largest absolute Gasteiger partial charge is 0.380 e. The molecule has 132 valence electrons. The number of benzene rings is 1. The van der Waals surface area contributed by atoms with Gasteiger partial charge in [-0.25, -0.2) is 4.98 Å². The zero-order valence-electron chi connectivity index (χ0n) is 14.3. The highest BCUT2D eigenvalue weighted by Gasteiger charge is 2.30. The summed E-state index contributed by atoms with van der Waals surface area (Å²) in [6.07, 6.45) is 0. The number of nitrogens with one attached hydrogen (secondary N) is 1. The van der Waals surface area contributed by atoms with Gasteiger partial charge in [-0.3, -0.25) is 9.59 Å². The maximum atomic E-state index is 13.0. The highest BCUT2D eigenvalue weighted by Crippen LogP contribution is 2.24. The Kier molecular flexibility index (Phi) is 5.25. The van der Waals surface area contributed by atoms with E-state index in [1.54, 1.807) is 25.0 Å². The normalized spacial score (nSPS) is 17.5. The lowest BCUT2D eigenvalue weighted by atomic mass is 10.1. The van der Waals surface area contributed by atoms with Gasteiger partial charge in [-0.1, -0.05) is 12.1 Å². The summed E-state index contributed by atoms with van der Waals surface area (Å²) in [7, 11) is 1.62. The number of ether oxygens (including phenoxy) is 2. The Labute approximate surface area is 145 Å². The predicted molar refractivity (Wildman–Crippen MR) is 91.3 cm³/mol. The van der Waals surface area contributed by atoms with Gasteiger partial charge in [-0.2, -0.15) is 0 Å². The van der Waals surface area contributed by atoms with Crippen LogP contribution >= 0.6 is 0 Å². The van der Waals surface area contributed by atoms with E-state index in [1.165, 1.54) is 6.07 Å². The molecule has 1 fully saturated rings. The van der Waals surface area contributed by atoms with E-state index in [2.05, 4.69) is 9.97 Å². The van der Waals surface area contributed by atoms with E-state index >= 15 is 0 Å². The minimum absolute atomic E-state index is 0.106. The van der Waals surface area contributed by atoms with Crippen molar-refractivity contribution in [1.29, 1.82) is 0 Å². The summed E-state index contributed by atoms with van der Waals surface area (Å²) in [5.74, 6) is 0.411. The zero-order valence-corrected chi connectivity index (χ0v) is 14.3. The molecular weight excluding hydrogens is 322 g/mol. The van der Waals surface area contributed by atoms with E-state index in [0.717, 1.165) is 5.56 Å². The van der Waals surface area contributed by atoms with Crippen LogP contribution in [0.4, 0.5) is 0 Å². The van der Waals surface area contributed by atoms with E-state index in [-0.39, 0.29) is 17.5 Å². The van der Waals surface area contributed by atoms with Crippen LogP contribution in [0.3, 0.4) is 0 Å². The molecule has 1 amide bonds. The highest BCUT2D eigenvalue weighted by molar-refractivity contribution is 5.94. The summed E-state index contributed by atoms with van der Waals surface area (Å²) in [5, 5.41) is 0. The third kappa shape index (κ3) is 3.94. The van der Waals surface area contributed by atoms with Crippen LogP contribution in [-0.4, -0.2) is 47.6 Å². The first-order chi connectivity index (χ1) is 12.1. The zero-order chi connectivity index (χ0) is 17.8. The van der Waals surface area contributed by atoms with E-state index in [4.69, 9.17) is 9.47 Å². The average molecular weight is 343 g/mol. The van der Waals surface area contributed by atoms with Crippen LogP contribution in [0.15, 0.2) is 35.1 Å².